The Morgan fingerprint density at radius 1 is 1.25 bits per heavy atom. The minimum absolute atomic E-state index is 0.432. The molecule has 0 saturated carbocycles. The van der Waals surface area contributed by atoms with E-state index < -0.39 is 0 Å². The van der Waals surface area contributed by atoms with Gasteiger partial charge in [-0.3, -0.25) is 4.99 Å². The lowest BCUT2D eigenvalue weighted by Gasteiger charge is -2.05. The molecule has 0 N–H and O–H groups in total. The van der Waals surface area contributed by atoms with Crippen molar-refractivity contribution in [2.75, 3.05) is 0 Å². The second kappa shape index (κ2) is 3.56. The molecule has 62 valence electrons. The Labute approximate surface area is 86.0 Å². The average Bonchev–Trinajstić information content (AvgIpc) is 2.58. The van der Waals surface area contributed by atoms with Gasteiger partial charge in [0.2, 0.25) is 0 Å². The maximum Gasteiger partial charge on any atom is 0.0748 e. The average molecular weight is 271 g/mol. The first-order chi connectivity index (χ1) is 5.86. The van der Waals surface area contributed by atoms with Crippen LogP contribution in [0.25, 0.3) is 0 Å². The van der Waals surface area contributed by atoms with Crippen LogP contribution in [0.1, 0.15) is 24.4 Å². The van der Waals surface area contributed by atoms with E-state index in [-0.39, 0.29) is 0 Å². The highest BCUT2D eigenvalue weighted by molar-refractivity contribution is 14.1. The van der Waals surface area contributed by atoms with E-state index in [1.165, 1.54) is 15.6 Å². The molecule has 1 atom stereocenters. The van der Waals surface area contributed by atoms with Gasteiger partial charge in [0.05, 0.1) is 6.04 Å². The van der Waals surface area contributed by atoms with Crippen LogP contribution in [0.5, 0.6) is 0 Å². The molecule has 0 aromatic heterocycles. The highest BCUT2D eigenvalue weighted by atomic mass is 127. The normalized spacial score (nSPS) is 21.6. The highest BCUT2D eigenvalue weighted by Crippen LogP contribution is 2.26. The summed E-state index contributed by atoms with van der Waals surface area (Å²) >= 11 is 2.32. The van der Waals surface area contributed by atoms with Gasteiger partial charge in [-0.2, -0.15) is 0 Å². The van der Waals surface area contributed by atoms with E-state index in [1.807, 2.05) is 6.21 Å². The molecular weight excluding hydrogens is 261 g/mol. The highest BCUT2D eigenvalue weighted by Gasteiger charge is 2.11. The van der Waals surface area contributed by atoms with Crippen LogP contribution in [-0.2, 0) is 0 Å². The summed E-state index contributed by atoms with van der Waals surface area (Å²) in [6.07, 6.45) is 4.35. The van der Waals surface area contributed by atoms with E-state index in [0.29, 0.717) is 6.04 Å². The zero-order valence-electron chi connectivity index (χ0n) is 6.70. The standard InChI is InChI=1S/C10H10IN/c11-9-5-3-8(4-6-9)10-2-1-7-12-10/h3-7,10H,1-2H2. The minimum atomic E-state index is 0.432. The van der Waals surface area contributed by atoms with Crippen LogP contribution in [0.3, 0.4) is 0 Å². The fourth-order valence-electron chi connectivity index (χ4n) is 1.45. The molecular formula is C10H10IN. The van der Waals surface area contributed by atoms with Crippen LogP contribution in [0, 0.1) is 3.57 Å². The number of nitrogens with zero attached hydrogens (tertiary/aromatic N) is 1. The summed E-state index contributed by atoms with van der Waals surface area (Å²) in [6, 6.07) is 9.07. The van der Waals surface area contributed by atoms with Gasteiger partial charge in [-0.05, 0) is 59.3 Å². The molecule has 1 unspecified atom stereocenters. The van der Waals surface area contributed by atoms with Crippen molar-refractivity contribution in [1.82, 2.24) is 0 Å². The Bertz CT molecular complexity index is 289. The summed E-state index contributed by atoms with van der Waals surface area (Å²) in [7, 11) is 0. The van der Waals surface area contributed by atoms with Crippen molar-refractivity contribution in [3.63, 3.8) is 0 Å². The molecule has 2 heteroatoms. The van der Waals surface area contributed by atoms with Crippen molar-refractivity contribution in [2.24, 2.45) is 4.99 Å². The molecule has 0 radical (unpaired) electrons. The Balaban J connectivity index is 2.23. The van der Waals surface area contributed by atoms with Crippen LogP contribution < -0.4 is 0 Å². The SMILES string of the molecule is Ic1ccc(C2CCC=N2)cc1. The Hall–Kier alpha value is -0.380. The lowest BCUT2D eigenvalue weighted by Crippen LogP contribution is -1.89. The topological polar surface area (TPSA) is 12.4 Å². The van der Waals surface area contributed by atoms with Crippen molar-refractivity contribution in [3.05, 3.63) is 33.4 Å². The number of benzene rings is 1. The van der Waals surface area contributed by atoms with Gasteiger partial charge in [0.25, 0.3) is 0 Å². The predicted octanol–water partition coefficient (Wildman–Crippen LogP) is 3.20. The van der Waals surface area contributed by atoms with E-state index in [9.17, 15) is 0 Å². The Kier molecular flexibility index (Phi) is 2.44. The maximum absolute atomic E-state index is 4.41. The van der Waals surface area contributed by atoms with Crippen LogP contribution in [0.2, 0.25) is 0 Å². The van der Waals surface area contributed by atoms with Crippen LogP contribution in [0.15, 0.2) is 29.3 Å². The zero-order valence-corrected chi connectivity index (χ0v) is 8.86. The predicted molar refractivity (Wildman–Crippen MR) is 59.6 cm³/mol. The fraction of sp³-hybridized carbons (Fsp3) is 0.300. The summed E-state index contributed by atoms with van der Waals surface area (Å²) < 4.78 is 1.29. The smallest absolute Gasteiger partial charge is 0.0748 e. The first-order valence-electron chi connectivity index (χ1n) is 4.13. The molecule has 1 aliphatic rings. The van der Waals surface area contributed by atoms with Crippen LogP contribution in [-0.4, -0.2) is 6.21 Å². The molecule has 0 aliphatic carbocycles. The third-order valence-electron chi connectivity index (χ3n) is 2.11. The largest absolute Gasteiger partial charge is 0.289 e. The van der Waals surface area contributed by atoms with Gasteiger partial charge in [0.15, 0.2) is 0 Å². The second-order valence-corrected chi connectivity index (χ2v) is 4.22. The van der Waals surface area contributed by atoms with Crippen molar-refractivity contribution in [3.8, 4) is 0 Å². The zero-order chi connectivity index (χ0) is 8.39. The van der Waals surface area contributed by atoms with E-state index in [1.54, 1.807) is 0 Å². The monoisotopic (exact) mass is 271 g/mol. The molecule has 1 heterocycles. The van der Waals surface area contributed by atoms with Crippen LogP contribution >= 0.6 is 22.6 Å². The molecule has 0 amide bonds. The van der Waals surface area contributed by atoms with Gasteiger partial charge in [-0.25, -0.2) is 0 Å². The van der Waals surface area contributed by atoms with Gasteiger partial charge >= 0.3 is 0 Å². The van der Waals surface area contributed by atoms with Gasteiger partial charge in [-0.1, -0.05) is 12.1 Å². The maximum atomic E-state index is 4.41. The van der Waals surface area contributed by atoms with Crippen LogP contribution in [0.4, 0.5) is 0 Å². The lowest BCUT2D eigenvalue weighted by atomic mass is 10.1. The molecule has 1 aromatic rings. The number of rotatable bonds is 1. The fourth-order valence-corrected chi connectivity index (χ4v) is 1.81. The second-order valence-electron chi connectivity index (χ2n) is 2.98. The number of hydrogen-bond donors (Lipinski definition) is 0. The molecule has 0 saturated heterocycles. The van der Waals surface area contributed by atoms with Gasteiger partial charge in [0.1, 0.15) is 0 Å². The molecule has 0 fully saturated rings. The third-order valence-corrected chi connectivity index (χ3v) is 2.83. The number of aliphatic imine (C=N–C) groups is 1. The van der Waals surface area contributed by atoms with Gasteiger partial charge < -0.3 is 0 Å². The molecule has 1 nitrogen and oxygen atoms in total. The summed E-state index contributed by atoms with van der Waals surface area (Å²) in [5.41, 5.74) is 1.35. The van der Waals surface area contributed by atoms with Crippen molar-refractivity contribution >= 4 is 28.8 Å². The summed E-state index contributed by atoms with van der Waals surface area (Å²) in [5, 5.41) is 0. The molecule has 0 bridgehead atoms. The molecule has 0 spiro atoms. The Morgan fingerprint density at radius 2 is 2.00 bits per heavy atom. The van der Waals surface area contributed by atoms with E-state index in [2.05, 4.69) is 51.8 Å². The molecule has 12 heavy (non-hydrogen) atoms. The van der Waals surface area contributed by atoms with Crippen molar-refractivity contribution in [1.29, 1.82) is 0 Å². The van der Waals surface area contributed by atoms with E-state index in [0.717, 1.165) is 6.42 Å². The summed E-state index contributed by atoms with van der Waals surface area (Å²) in [6.45, 7) is 0. The first-order valence-corrected chi connectivity index (χ1v) is 5.21. The number of hydrogen-bond acceptors (Lipinski definition) is 1. The van der Waals surface area contributed by atoms with Gasteiger partial charge in [0, 0.05) is 3.57 Å². The minimum Gasteiger partial charge on any atom is -0.289 e. The molecule has 1 aromatic carbocycles. The molecule has 2 rings (SSSR count). The summed E-state index contributed by atoms with van der Waals surface area (Å²) in [4.78, 5) is 4.41. The Morgan fingerprint density at radius 3 is 2.58 bits per heavy atom. The summed E-state index contributed by atoms with van der Waals surface area (Å²) in [5.74, 6) is 0. The third kappa shape index (κ3) is 1.68. The lowest BCUT2D eigenvalue weighted by molar-refractivity contribution is 0.723. The molecule has 1 aliphatic heterocycles. The van der Waals surface area contributed by atoms with Gasteiger partial charge in [-0.15, -0.1) is 0 Å². The first kappa shape index (κ1) is 8.23. The quantitative estimate of drug-likeness (QED) is 0.695. The van der Waals surface area contributed by atoms with Crippen molar-refractivity contribution < 1.29 is 0 Å². The van der Waals surface area contributed by atoms with E-state index in [4.69, 9.17) is 0 Å². The number of halogens is 1. The van der Waals surface area contributed by atoms with Crippen molar-refractivity contribution in [2.45, 2.75) is 18.9 Å². The van der Waals surface area contributed by atoms with E-state index >= 15 is 0 Å².